The number of rotatable bonds is 4. The van der Waals surface area contributed by atoms with Crippen molar-refractivity contribution in [3.05, 3.63) is 102 Å². The highest BCUT2D eigenvalue weighted by Gasteiger charge is 2.30. The summed E-state index contributed by atoms with van der Waals surface area (Å²) in [7, 11) is 0. The molecule has 0 radical (unpaired) electrons. The minimum absolute atomic E-state index is 0.359. The lowest BCUT2D eigenvalue weighted by atomic mass is 9.98. The van der Waals surface area contributed by atoms with Gasteiger partial charge in [-0.25, -0.2) is 9.37 Å². The number of nitrogens with zero attached hydrogens (tertiary/aromatic N) is 2. The molecule has 0 aliphatic rings. The van der Waals surface area contributed by atoms with Gasteiger partial charge in [-0.2, -0.15) is 13.2 Å². The van der Waals surface area contributed by atoms with Crippen molar-refractivity contribution in [3.63, 3.8) is 0 Å². The Morgan fingerprint density at radius 1 is 0.935 bits per heavy atom. The lowest BCUT2D eigenvalue weighted by molar-refractivity contribution is -0.137. The SMILES string of the molecule is NC=C(C(=[NH2+])c1ccc(F)cc1)c1ccc2ncc(-c3ccc(C(F)(F)F)cc3)n2c1. The first-order chi connectivity index (χ1) is 14.8. The van der Waals surface area contributed by atoms with Gasteiger partial charge in [0.15, 0.2) is 0 Å². The zero-order chi connectivity index (χ0) is 22.2. The first-order valence-corrected chi connectivity index (χ1v) is 9.23. The minimum Gasteiger partial charge on any atom is -0.404 e. The van der Waals surface area contributed by atoms with Crippen LogP contribution in [0.15, 0.2) is 79.3 Å². The van der Waals surface area contributed by atoms with E-state index in [0.29, 0.717) is 39.3 Å². The van der Waals surface area contributed by atoms with E-state index >= 15 is 0 Å². The van der Waals surface area contributed by atoms with Crippen molar-refractivity contribution in [1.29, 1.82) is 0 Å². The number of fused-ring (bicyclic) bond motifs is 1. The number of hydrogen-bond donors (Lipinski definition) is 2. The average Bonchev–Trinajstić information content (AvgIpc) is 3.17. The number of nitrogens with two attached hydrogens (primary N) is 2. The number of benzene rings is 2. The van der Waals surface area contributed by atoms with E-state index in [4.69, 9.17) is 11.1 Å². The van der Waals surface area contributed by atoms with Crippen LogP contribution < -0.4 is 11.1 Å². The second-order valence-corrected chi connectivity index (χ2v) is 6.87. The summed E-state index contributed by atoms with van der Waals surface area (Å²) in [6.45, 7) is 0. The van der Waals surface area contributed by atoms with Gasteiger partial charge < -0.3 is 5.73 Å². The largest absolute Gasteiger partial charge is 0.416 e. The van der Waals surface area contributed by atoms with E-state index in [2.05, 4.69) is 4.98 Å². The van der Waals surface area contributed by atoms with E-state index in [1.54, 1.807) is 41.1 Å². The molecule has 0 unspecified atom stereocenters. The molecular weight excluding hydrogens is 408 g/mol. The normalized spacial score (nSPS) is 12.3. The molecule has 2 aromatic heterocycles. The quantitative estimate of drug-likeness (QED) is 0.387. The standard InChI is InChI=1S/C23H16F4N4/c24-18-8-3-15(4-9-18)22(29)19(11-28)16-5-10-21-30-12-20(31(21)13-16)14-1-6-17(7-2-14)23(25,26)27/h1-13,29H,28H2/p+1. The molecule has 8 heteroatoms. The van der Waals surface area contributed by atoms with Gasteiger partial charge in [0.2, 0.25) is 5.71 Å². The van der Waals surface area contributed by atoms with E-state index < -0.39 is 11.7 Å². The lowest BCUT2D eigenvalue weighted by Crippen LogP contribution is -2.41. The molecule has 0 bridgehead atoms. The molecule has 0 aliphatic heterocycles. The van der Waals surface area contributed by atoms with Crippen molar-refractivity contribution in [1.82, 2.24) is 9.38 Å². The summed E-state index contributed by atoms with van der Waals surface area (Å²) in [5.41, 5.74) is 9.07. The predicted molar refractivity (Wildman–Crippen MR) is 110 cm³/mol. The molecule has 4 aromatic rings. The summed E-state index contributed by atoms with van der Waals surface area (Å²) in [5.74, 6) is -0.379. The molecule has 0 spiro atoms. The van der Waals surface area contributed by atoms with Gasteiger partial charge in [-0.1, -0.05) is 12.1 Å². The predicted octanol–water partition coefficient (Wildman–Crippen LogP) is 3.71. The van der Waals surface area contributed by atoms with Gasteiger partial charge in [-0.3, -0.25) is 9.81 Å². The van der Waals surface area contributed by atoms with E-state index in [9.17, 15) is 17.6 Å². The third kappa shape index (κ3) is 3.92. The first-order valence-electron chi connectivity index (χ1n) is 9.23. The van der Waals surface area contributed by atoms with Crippen LogP contribution in [0, 0.1) is 5.82 Å². The van der Waals surface area contributed by atoms with Gasteiger partial charge in [0.1, 0.15) is 11.5 Å². The molecule has 4 N–H and O–H groups in total. The molecule has 0 aliphatic carbocycles. The zero-order valence-corrected chi connectivity index (χ0v) is 16.1. The fourth-order valence-corrected chi connectivity index (χ4v) is 3.31. The molecule has 156 valence electrons. The molecule has 4 rings (SSSR count). The van der Waals surface area contributed by atoms with Crippen LogP contribution in [0.2, 0.25) is 0 Å². The highest BCUT2D eigenvalue weighted by molar-refractivity contribution is 6.28. The number of hydrogen-bond acceptors (Lipinski definition) is 2. The summed E-state index contributed by atoms with van der Waals surface area (Å²) in [5, 5.41) is 6.27. The van der Waals surface area contributed by atoms with Crippen LogP contribution in [0.4, 0.5) is 17.6 Å². The molecule has 0 amide bonds. The second-order valence-electron chi connectivity index (χ2n) is 6.87. The van der Waals surface area contributed by atoms with E-state index in [1.165, 1.54) is 30.5 Å². The highest BCUT2D eigenvalue weighted by Crippen LogP contribution is 2.31. The van der Waals surface area contributed by atoms with E-state index in [-0.39, 0.29) is 5.82 Å². The molecule has 2 heterocycles. The fraction of sp³-hybridized carbons (Fsp3) is 0.0435. The lowest BCUT2D eigenvalue weighted by Gasteiger charge is -2.09. The summed E-state index contributed by atoms with van der Waals surface area (Å²) < 4.78 is 53.6. The summed E-state index contributed by atoms with van der Waals surface area (Å²) in [6, 6.07) is 14.1. The van der Waals surface area contributed by atoms with E-state index in [0.717, 1.165) is 12.1 Å². The van der Waals surface area contributed by atoms with Crippen molar-refractivity contribution in [2.75, 3.05) is 0 Å². The Morgan fingerprint density at radius 3 is 2.19 bits per heavy atom. The molecule has 0 fully saturated rings. The number of allylic oxidation sites excluding steroid dienone is 1. The average molecular weight is 425 g/mol. The Morgan fingerprint density at radius 2 is 1.58 bits per heavy atom. The van der Waals surface area contributed by atoms with Crippen molar-refractivity contribution in [2.24, 2.45) is 5.73 Å². The van der Waals surface area contributed by atoms with Crippen LogP contribution in [0.25, 0.3) is 22.5 Å². The Bertz CT molecular complexity index is 1280. The molecular formula is C23H17F4N4+. The van der Waals surface area contributed by atoms with Gasteiger partial charge in [0.25, 0.3) is 0 Å². The van der Waals surface area contributed by atoms with Gasteiger partial charge in [-0.05, 0) is 48.5 Å². The minimum atomic E-state index is -4.40. The Labute approximate surface area is 174 Å². The summed E-state index contributed by atoms with van der Waals surface area (Å²) >= 11 is 0. The van der Waals surface area contributed by atoms with Crippen LogP contribution in [-0.2, 0) is 6.18 Å². The molecule has 31 heavy (non-hydrogen) atoms. The number of halogens is 4. The van der Waals surface area contributed by atoms with Crippen LogP contribution in [0.1, 0.15) is 16.7 Å². The maximum absolute atomic E-state index is 13.2. The highest BCUT2D eigenvalue weighted by atomic mass is 19.4. The fourth-order valence-electron chi connectivity index (χ4n) is 3.31. The van der Waals surface area contributed by atoms with Crippen molar-refractivity contribution < 1.29 is 23.0 Å². The van der Waals surface area contributed by atoms with Crippen LogP contribution in [0.3, 0.4) is 0 Å². The number of aromatic nitrogens is 2. The molecule has 2 aromatic carbocycles. The van der Waals surface area contributed by atoms with E-state index in [1.807, 2.05) is 0 Å². The molecule has 4 nitrogen and oxygen atoms in total. The second kappa shape index (κ2) is 7.71. The Balaban J connectivity index is 1.74. The van der Waals surface area contributed by atoms with Crippen molar-refractivity contribution >= 4 is 16.9 Å². The van der Waals surface area contributed by atoms with Gasteiger partial charge in [-0.15, -0.1) is 0 Å². The van der Waals surface area contributed by atoms with Gasteiger partial charge in [0.05, 0.1) is 23.0 Å². The Kier molecular flexibility index (Phi) is 5.06. The summed E-state index contributed by atoms with van der Waals surface area (Å²) in [6.07, 6.45) is 0.291. The maximum atomic E-state index is 13.2. The first kappa shape index (κ1) is 20.3. The maximum Gasteiger partial charge on any atom is 0.416 e. The van der Waals surface area contributed by atoms with Gasteiger partial charge >= 0.3 is 6.18 Å². The monoisotopic (exact) mass is 425 g/mol. The molecule has 0 atom stereocenters. The van der Waals surface area contributed by atoms with Crippen LogP contribution in [-0.4, -0.2) is 15.1 Å². The summed E-state index contributed by atoms with van der Waals surface area (Å²) in [4.78, 5) is 4.32. The topological polar surface area (TPSA) is 68.9 Å². The smallest absolute Gasteiger partial charge is 0.404 e. The van der Waals surface area contributed by atoms with Gasteiger partial charge in [0, 0.05) is 29.1 Å². The van der Waals surface area contributed by atoms with Crippen LogP contribution in [0.5, 0.6) is 0 Å². The van der Waals surface area contributed by atoms with Crippen molar-refractivity contribution in [2.45, 2.75) is 6.18 Å². The third-order valence-electron chi connectivity index (χ3n) is 4.94. The number of imidazole rings is 1. The third-order valence-corrected chi connectivity index (χ3v) is 4.94. The molecule has 0 saturated carbocycles. The van der Waals surface area contributed by atoms with Crippen LogP contribution >= 0.6 is 0 Å². The van der Waals surface area contributed by atoms with Crippen molar-refractivity contribution in [3.8, 4) is 11.3 Å². The Hall–Kier alpha value is -3.94. The molecule has 0 saturated heterocycles. The zero-order valence-electron chi connectivity index (χ0n) is 16.1. The number of pyridine rings is 1. The number of alkyl halides is 3.